The van der Waals surface area contributed by atoms with Crippen LogP contribution in [0.4, 0.5) is 5.69 Å². The van der Waals surface area contributed by atoms with Crippen LogP contribution >= 0.6 is 0 Å². The maximum atomic E-state index is 13.7. The van der Waals surface area contributed by atoms with Gasteiger partial charge >= 0.3 is 0 Å². The van der Waals surface area contributed by atoms with Gasteiger partial charge in [0.2, 0.25) is 5.91 Å². The lowest BCUT2D eigenvalue weighted by atomic mass is 9.88. The van der Waals surface area contributed by atoms with Gasteiger partial charge in [0, 0.05) is 18.5 Å². The number of benzene rings is 1. The van der Waals surface area contributed by atoms with Gasteiger partial charge in [0.25, 0.3) is 5.91 Å². The van der Waals surface area contributed by atoms with Gasteiger partial charge in [0.15, 0.2) is 0 Å². The molecule has 4 nitrogen and oxygen atoms in total. The van der Waals surface area contributed by atoms with Crippen LogP contribution in [-0.4, -0.2) is 28.8 Å². The van der Waals surface area contributed by atoms with Crippen molar-refractivity contribution in [3.8, 4) is 0 Å². The van der Waals surface area contributed by atoms with Gasteiger partial charge in [-0.05, 0) is 44.2 Å². The Morgan fingerprint density at radius 1 is 0.926 bits per heavy atom. The minimum atomic E-state index is -0.0142. The van der Waals surface area contributed by atoms with Crippen molar-refractivity contribution >= 4 is 17.5 Å². The van der Waals surface area contributed by atoms with Crippen LogP contribution in [0.1, 0.15) is 94.3 Å². The van der Waals surface area contributed by atoms with E-state index in [1.54, 1.807) is 0 Å². The first-order chi connectivity index (χ1) is 13.2. The fraction of sp³-hybridized carbons (Fsp3) is 0.652. The molecule has 2 aliphatic rings. The molecule has 0 radical (unpaired) electrons. The molecule has 1 aromatic carbocycles. The zero-order valence-electron chi connectivity index (χ0n) is 16.7. The van der Waals surface area contributed by atoms with E-state index in [1.807, 2.05) is 31.2 Å². The Balaban J connectivity index is 1.85. The third-order valence-electron chi connectivity index (χ3n) is 6.08. The van der Waals surface area contributed by atoms with Crippen LogP contribution in [0, 0.1) is 0 Å². The fourth-order valence-corrected chi connectivity index (χ4v) is 4.71. The summed E-state index contributed by atoms with van der Waals surface area (Å²) in [4.78, 5) is 28.0. The van der Waals surface area contributed by atoms with E-state index in [1.165, 1.54) is 38.5 Å². The van der Waals surface area contributed by atoms with Crippen LogP contribution in [0.5, 0.6) is 0 Å². The Morgan fingerprint density at radius 3 is 2.04 bits per heavy atom. The average molecular weight is 371 g/mol. The van der Waals surface area contributed by atoms with E-state index in [2.05, 4.69) is 10.2 Å². The van der Waals surface area contributed by atoms with E-state index in [9.17, 15) is 9.59 Å². The van der Waals surface area contributed by atoms with E-state index in [0.29, 0.717) is 29.8 Å². The molecule has 27 heavy (non-hydrogen) atoms. The second-order valence-corrected chi connectivity index (χ2v) is 8.14. The molecule has 2 fully saturated rings. The first kappa shape index (κ1) is 19.9. The van der Waals surface area contributed by atoms with Crippen LogP contribution in [0.25, 0.3) is 0 Å². The lowest BCUT2D eigenvalue weighted by Crippen LogP contribution is -2.49. The summed E-state index contributed by atoms with van der Waals surface area (Å²) in [5.74, 6) is 0.0980. The van der Waals surface area contributed by atoms with Gasteiger partial charge in [-0.25, -0.2) is 0 Å². The highest BCUT2D eigenvalue weighted by molar-refractivity contribution is 6.04. The lowest BCUT2D eigenvalue weighted by molar-refractivity contribution is -0.116. The van der Waals surface area contributed by atoms with Gasteiger partial charge in [-0.3, -0.25) is 9.59 Å². The lowest BCUT2D eigenvalue weighted by Gasteiger charge is -2.42. The molecule has 4 heteroatoms. The summed E-state index contributed by atoms with van der Waals surface area (Å²) in [6.07, 6.45) is 13.2. The highest BCUT2D eigenvalue weighted by Crippen LogP contribution is 2.32. The van der Waals surface area contributed by atoms with Crippen molar-refractivity contribution in [3.63, 3.8) is 0 Å². The molecule has 0 heterocycles. The van der Waals surface area contributed by atoms with E-state index in [4.69, 9.17) is 0 Å². The van der Waals surface area contributed by atoms with Crippen LogP contribution in [0.3, 0.4) is 0 Å². The summed E-state index contributed by atoms with van der Waals surface area (Å²) in [6.45, 7) is 1.99. The molecule has 148 valence electrons. The van der Waals surface area contributed by atoms with Crippen molar-refractivity contribution in [2.75, 3.05) is 5.32 Å². The molecule has 3 rings (SSSR count). The molecule has 2 saturated carbocycles. The molecule has 0 bridgehead atoms. The maximum Gasteiger partial charge on any atom is 0.256 e. The smallest absolute Gasteiger partial charge is 0.256 e. The van der Waals surface area contributed by atoms with Crippen molar-refractivity contribution in [1.82, 2.24) is 4.90 Å². The highest BCUT2D eigenvalue weighted by Gasteiger charge is 2.33. The molecular formula is C23H34N2O2. The van der Waals surface area contributed by atoms with Gasteiger partial charge in [0.1, 0.15) is 0 Å². The minimum absolute atomic E-state index is 0.0142. The summed E-state index contributed by atoms with van der Waals surface area (Å²) < 4.78 is 0. The number of amides is 2. The molecule has 0 unspecified atom stereocenters. The summed E-state index contributed by atoms with van der Waals surface area (Å²) in [5.41, 5.74) is 1.32. The van der Waals surface area contributed by atoms with E-state index in [-0.39, 0.29) is 11.8 Å². The Morgan fingerprint density at radius 2 is 1.48 bits per heavy atom. The Hall–Kier alpha value is -1.84. The van der Waals surface area contributed by atoms with Crippen molar-refractivity contribution in [1.29, 1.82) is 0 Å². The fourth-order valence-electron chi connectivity index (χ4n) is 4.71. The van der Waals surface area contributed by atoms with Crippen molar-refractivity contribution in [2.45, 2.75) is 96.1 Å². The molecule has 2 amide bonds. The van der Waals surface area contributed by atoms with Gasteiger partial charge in [-0.1, -0.05) is 57.6 Å². The standard InChI is InChI=1S/C23H34N2O2/c1-2-11-22(26)24-21-17-10-9-16-20(21)23(27)25(18-12-5-3-6-13-18)19-14-7-4-8-15-19/h9-10,16-19H,2-8,11-15H2,1H3,(H,24,26). The second kappa shape index (κ2) is 9.91. The molecule has 1 N–H and O–H groups in total. The predicted molar refractivity (Wildman–Crippen MR) is 110 cm³/mol. The Kier molecular flexibility index (Phi) is 7.31. The zero-order valence-corrected chi connectivity index (χ0v) is 16.7. The number of hydrogen-bond acceptors (Lipinski definition) is 2. The Bertz CT molecular complexity index is 613. The van der Waals surface area contributed by atoms with E-state index in [0.717, 1.165) is 32.1 Å². The molecular weight excluding hydrogens is 336 g/mol. The third-order valence-corrected chi connectivity index (χ3v) is 6.08. The molecule has 0 saturated heterocycles. The first-order valence-corrected chi connectivity index (χ1v) is 10.9. The van der Waals surface area contributed by atoms with Gasteiger partial charge in [-0.15, -0.1) is 0 Å². The number of nitrogens with zero attached hydrogens (tertiary/aromatic N) is 1. The van der Waals surface area contributed by atoms with Gasteiger partial charge in [0.05, 0.1) is 11.3 Å². The predicted octanol–water partition coefficient (Wildman–Crippen LogP) is 5.53. The number of rotatable bonds is 6. The maximum absolute atomic E-state index is 13.7. The molecule has 0 aliphatic heterocycles. The quantitative estimate of drug-likeness (QED) is 0.715. The Labute approximate surface area is 163 Å². The zero-order chi connectivity index (χ0) is 19.1. The monoisotopic (exact) mass is 370 g/mol. The molecule has 1 aromatic rings. The number of carbonyl (C=O) groups excluding carboxylic acids is 2. The number of para-hydroxylation sites is 1. The largest absolute Gasteiger partial charge is 0.333 e. The summed E-state index contributed by atoms with van der Waals surface area (Å²) in [7, 11) is 0. The van der Waals surface area contributed by atoms with Crippen molar-refractivity contribution in [2.24, 2.45) is 0 Å². The first-order valence-electron chi connectivity index (χ1n) is 10.9. The summed E-state index contributed by atoms with van der Waals surface area (Å²) in [5, 5.41) is 2.97. The van der Waals surface area contributed by atoms with Gasteiger partial charge < -0.3 is 10.2 Å². The summed E-state index contributed by atoms with van der Waals surface area (Å²) >= 11 is 0. The van der Waals surface area contributed by atoms with E-state index < -0.39 is 0 Å². The second-order valence-electron chi connectivity index (χ2n) is 8.14. The molecule has 0 spiro atoms. The number of carbonyl (C=O) groups is 2. The number of anilines is 1. The summed E-state index contributed by atoms with van der Waals surface area (Å²) in [6, 6.07) is 8.25. The molecule has 0 aromatic heterocycles. The highest BCUT2D eigenvalue weighted by atomic mass is 16.2. The van der Waals surface area contributed by atoms with Crippen LogP contribution in [0.15, 0.2) is 24.3 Å². The van der Waals surface area contributed by atoms with Crippen molar-refractivity contribution < 1.29 is 9.59 Å². The number of hydrogen-bond donors (Lipinski definition) is 1. The van der Waals surface area contributed by atoms with E-state index >= 15 is 0 Å². The number of nitrogens with one attached hydrogen (secondary N) is 1. The normalized spacial score (nSPS) is 18.9. The third kappa shape index (κ3) is 5.12. The van der Waals surface area contributed by atoms with Crippen LogP contribution in [-0.2, 0) is 4.79 Å². The topological polar surface area (TPSA) is 49.4 Å². The average Bonchev–Trinajstić information content (AvgIpc) is 2.70. The van der Waals surface area contributed by atoms with Crippen LogP contribution in [0.2, 0.25) is 0 Å². The SMILES string of the molecule is CCCC(=O)Nc1ccccc1C(=O)N(C1CCCCC1)C1CCCCC1. The molecule has 0 atom stereocenters. The molecule has 2 aliphatic carbocycles. The van der Waals surface area contributed by atoms with Gasteiger partial charge in [-0.2, -0.15) is 0 Å². The van der Waals surface area contributed by atoms with Crippen LogP contribution < -0.4 is 5.32 Å². The van der Waals surface area contributed by atoms with Crippen molar-refractivity contribution in [3.05, 3.63) is 29.8 Å². The minimum Gasteiger partial charge on any atom is -0.333 e.